The number of pyridine rings is 1. The van der Waals surface area contributed by atoms with Crippen molar-refractivity contribution >= 4 is 33.4 Å². The lowest BCUT2D eigenvalue weighted by Crippen LogP contribution is -2.28. The zero-order chi connectivity index (χ0) is 20.1. The molecule has 28 heavy (non-hydrogen) atoms. The van der Waals surface area contributed by atoms with Gasteiger partial charge in [-0.2, -0.15) is 9.57 Å². The number of sulfonamides is 1. The van der Waals surface area contributed by atoms with Gasteiger partial charge in [-0.25, -0.2) is 13.4 Å². The van der Waals surface area contributed by atoms with Crippen molar-refractivity contribution in [3.8, 4) is 6.07 Å². The Morgan fingerprint density at radius 1 is 1.21 bits per heavy atom. The predicted molar refractivity (Wildman–Crippen MR) is 107 cm³/mol. The molecule has 146 valence electrons. The van der Waals surface area contributed by atoms with Crippen LogP contribution >= 0.6 is 11.8 Å². The van der Waals surface area contributed by atoms with Crippen LogP contribution in [-0.2, 0) is 14.8 Å². The smallest absolute Gasteiger partial charge is 0.244 e. The Kier molecular flexibility index (Phi) is 6.34. The highest BCUT2D eigenvalue weighted by Crippen LogP contribution is 2.25. The molecule has 1 fully saturated rings. The van der Waals surface area contributed by atoms with Gasteiger partial charge < -0.3 is 5.32 Å². The van der Waals surface area contributed by atoms with E-state index in [-0.39, 0.29) is 10.8 Å². The number of rotatable bonds is 6. The van der Waals surface area contributed by atoms with Gasteiger partial charge in [0.2, 0.25) is 15.9 Å². The van der Waals surface area contributed by atoms with Crippen molar-refractivity contribution in [3.63, 3.8) is 0 Å². The standard InChI is InChI=1S/C19H20N4O3S2/c1-14(19(24)22-16-6-4-15(12-20)5-7-16)27-18-9-8-17(13-21-18)28(25,26)23-10-2-3-11-23/h4-9,13-14H,2-3,10-11H2,1H3,(H,22,24)/t14-/m0/s1. The number of nitrogens with zero attached hydrogens (tertiary/aromatic N) is 3. The van der Waals surface area contributed by atoms with Gasteiger partial charge in [0.1, 0.15) is 4.90 Å². The van der Waals surface area contributed by atoms with E-state index in [9.17, 15) is 13.2 Å². The Bertz CT molecular complexity index is 977. The molecule has 0 radical (unpaired) electrons. The van der Waals surface area contributed by atoms with Crippen LogP contribution in [0.25, 0.3) is 0 Å². The average molecular weight is 417 g/mol. The third kappa shape index (κ3) is 4.70. The summed E-state index contributed by atoms with van der Waals surface area (Å²) in [4.78, 5) is 16.7. The van der Waals surface area contributed by atoms with Crippen LogP contribution in [0.1, 0.15) is 25.3 Å². The first-order chi connectivity index (χ1) is 13.4. The Morgan fingerprint density at radius 2 is 1.89 bits per heavy atom. The molecule has 1 aliphatic heterocycles. The summed E-state index contributed by atoms with van der Waals surface area (Å²) in [5.74, 6) is -0.203. The predicted octanol–water partition coefficient (Wildman–Crippen LogP) is 2.86. The van der Waals surface area contributed by atoms with Gasteiger partial charge in [0.15, 0.2) is 0 Å². The Labute approximate surface area is 168 Å². The molecular formula is C19H20N4O3S2. The number of thioether (sulfide) groups is 1. The van der Waals surface area contributed by atoms with Crippen LogP contribution in [0.4, 0.5) is 5.69 Å². The first-order valence-corrected chi connectivity index (χ1v) is 11.2. The molecule has 1 saturated heterocycles. The van der Waals surface area contributed by atoms with Crippen molar-refractivity contribution in [2.75, 3.05) is 18.4 Å². The van der Waals surface area contributed by atoms with E-state index in [0.717, 1.165) is 12.8 Å². The molecule has 2 aromatic rings. The lowest BCUT2D eigenvalue weighted by Gasteiger charge is -2.15. The Hall–Kier alpha value is -2.41. The Morgan fingerprint density at radius 3 is 2.46 bits per heavy atom. The van der Waals surface area contributed by atoms with Crippen molar-refractivity contribution < 1.29 is 13.2 Å². The van der Waals surface area contributed by atoms with Crippen LogP contribution < -0.4 is 5.32 Å². The number of aromatic nitrogens is 1. The normalized spacial score (nSPS) is 15.7. The maximum absolute atomic E-state index is 12.5. The van der Waals surface area contributed by atoms with E-state index in [1.165, 1.54) is 28.3 Å². The molecule has 0 bridgehead atoms. The molecule has 3 rings (SSSR count). The second-order valence-electron chi connectivity index (χ2n) is 6.38. The molecule has 2 heterocycles. The summed E-state index contributed by atoms with van der Waals surface area (Å²) < 4.78 is 26.5. The highest BCUT2D eigenvalue weighted by molar-refractivity contribution is 8.00. The fourth-order valence-electron chi connectivity index (χ4n) is 2.77. The van der Waals surface area contributed by atoms with Crippen LogP contribution in [-0.4, -0.2) is 42.0 Å². The van der Waals surface area contributed by atoms with Crippen molar-refractivity contribution in [1.29, 1.82) is 5.26 Å². The molecule has 0 aliphatic carbocycles. The van der Waals surface area contributed by atoms with Gasteiger partial charge in [0.25, 0.3) is 0 Å². The van der Waals surface area contributed by atoms with E-state index in [4.69, 9.17) is 5.26 Å². The minimum absolute atomic E-state index is 0.174. The molecule has 1 amide bonds. The van der Waals surface area contributed by atoms with Crippen LogP contribution in [0.5, 0.6) is 0 Å². The maximum Gasteiger partial charge on any atom is 0.244 e. The van der Waals surface area contributed by atoms with E-state index < -0.39 is 15.3 Å². The lowest BCUT2D eigenvalue weighted by molar-refractivity contribution is -0.115. The van der Waals surface area contributed by atoms with Gasteiger partial charge in [-0.05, 0) is 56.2 Å². The highest BCUT2D eigenvalue weighted by Gasteiger charge is 2.27. The molecule has 1 aromatic heterocycles. The van der Waals surface area contributed by atoms with Gasteiger partial charge in [0, 0.05) is 25.0 Å². The first kappa shape index (κ1) is 20.3. The number of amides is 1. The fraction of sp³-hybridized carbons (Fsp3) is 0.316. The number of anilines is 1. The van der Waals surface area contributed by atoms with Gasteiger partial charge in [-0.3, -0.25) is 4.79 Å². The number of hydrogen-bond donors (Lipinski definition) is 1. The summed E-state index contributed by atoms with van der Waals surface area (Å²) in [6.07, 6.45) is 3.11. The zero-order valence-corrected chi connectivity index (χ0v) is 17.0. The lowest BCUT2D eigenvalue weighted by atomic mass is 10.2. The van der Waals surface area contributed by atoms with Crippen LogP contribution in [0.3, 0.4) is 0 Å². The summed E-state index contributed by atoms with van der Waals surface area (Å²) in [5, 5.41) is 11.7. The molecule has 1 aromatic carbocycles. The van der Waals surface area contributed by atoms with E-state index in [1.807, 2.05) is 6.07 Å². The number of benzene rings is 1. The van der Waals surface area contributed by atoms with Gasteiger partial charge in [-0.1, -0.05) is 11.8 Å². The van der Waals surface area contributed by atoms with Crippen molar-refractivity contribution in [2.24, 2.45) is 0 Å². The minimum atomic E-state index is -3.49. The molecule has 7 nitrogen and oxygen atoms in total. The molecule has 0 saturated carbocycles. The number of carbonyl (C=O) groups excluding carboxylic acids is 1. The highest BCUT2D eigenvalue weighted by atomic mass is 32.2. The molecule has 0 unspecified atom stereocenters. The summed E-state index contributed by atoms with van der Waals surface area (Å²) in [6, 6.07) is 11.8. The molecule has 1 N–H and O–H groups in total. The maximum atomic E-state index is 12.5. The molecule has 9 heteroatoms. The first-order valence-electron chi connectivity index (χ1n) is 8.84. The van der Waals surface area contributed by atoms with E-state index in [0.29, 0.717) is 29.4 Å². The van der Waals surface area contributed by atoms with Crippen LogP contribution in [0.2, 0.25) is 0 Å². The van der Waals surface area contributed by atoms with Crippen molar-refractivity contribution in [3.05, 3.63) is 48.2 Å². The van der Waals surface area contributed by atoms with Crippen LogP contribution in [0, 0.1) is 11.3 Å². The average Bonchev–Trinajstić information content (AvgIpc) is 3.25. The SMILES string of the molecule is C[C@H](Sc1ccc(S(=O)(=O)N2CCCC2)cn1)C(=O)Nc1ccc(C#N)cc1. The summed E-state index contributed by atoms with van der Waals surface area (Å²) in [6.45, 7) is 2.84. The van der Waals surface area contributed by atoms with Gasteiger partial charge in [0.05, 0.1) is 21.9 Å². The van der Waals surface area contributed by atoms with Crippen LogP contribution in [0.15, 0.2) is 52.5 Å². The quantitative estimate of drug-likeness (QED) is 0.726. The monoisotopic (exact) mass is 416 g/mol. The number of nitriles is 1. The third-order valence-electron chi connectivity index (χ3n) is 4.36. The Balaban J connectivity index is 1.61. The van der Waals surface area contributed by atoms with Crippen molar-refractivity contribution in [2.45, 2.75) is 34.9 Å². The third-order valence-corrected chi connectivity index (χ3v) is 7.29. The summed E-state index contributed by atoms with van der Waals surface area (Å²) in [5.41, 5.74) is 1.13. The summed E-state index contributed by atoms with van der Waals surface area (Å²) in [7, 11) is -3.49. The second-order valence-corrected chi connectivity index (χ2v) is 9.68. The molecular weight excluding hydrogens is 396 g/mol. The molecule has 1 atom stereocenters. The minimum Gasteiger partial charge on any atom is -0.325 e. The van der Waals surface area contributed by atoms with Gasteiger partial charge in [-0.15, -0.1) is 0 Å². The van der Waals surface area contributed by atoms with Gasteiger partial charge >= 0.3 is 0 Å². The topological polar surface area (TPSA) is 103 Å². The number of nitrogens with one attached hydrogen (secondary N) is 1. The number of hydrogen-bond acceptors (Lipinski definition) is 6. The van der Waals surface area contributed by atoms with Crippen molar-refractivity contribution in [1.82, 2.24) is 9.29 Å². The molecule has 0 spiro atoms. The molecule has 1 aliphatic rings. The second kappa shape index (κ2) is 8.73. The summed E-state index contributed by atoms with van der Waals surface area (Å²) >= 11 is 1.25. The number of carbonyl (C=O) groups is 1. The zero-order valence-electron chi connectivity index (χ0n) is 15.3. The van der Waals surface area contributed by atoms with E-state index >= 15 is 0 Å². The van der Waals surface area contributed by atoms with E-state index in [1.54, 1.807) is 37.3 Å². The van der Waals surface area contributed by atoms with E-state index in [2.05, 4.69) is 10.3 Å². The fourth-order valence-corrected chi connectivity index (χ4v) is 5.02. The largest absolute Gasteiger partial charge is 0.325 e.